The van der Waals surface area contributed by atoms with E-state index >= 15 is 0 Å². The number of hydrogen-bond acceptors (Lipinski definition) is 2. The number of fused-ring (bicyclic) bond motifs is 4. The number of amides is 2. The fourth-order valence-electron chi connectivity index (χ4n) is 5.23. The van der Waals surface area contributed by atoms with E-state index in [0.717, 1.165) is 25.8 Å². The van der Waals surface area contributed by atoms with E-state index in [4.69, 9.17) is 4.74 Å². The van der Waals surface area contributed by atoms with E-state index in [1.54, 1.807) is 0 Å². The summed E-state index contributed by atoms with van der Waals surface area (Å²) in [4.78, 5) is 12.2. The minimum Gasteiger partial charge on any atom is -0.373 e. The van der Waals surface area contributed by atoms with Gasteiger partial charge in [-0.1, -0.05) is 24.3 Å². The van der Waals surface area contributed by atoms with Gasteiger partial charge in [0.1, 0.15) is 0 Å². The number of urea groups is 1. The normalized spacial score (nSPS) is 39.5. The molecular formula is C19H24N2O2. The highest BCUT2D eigenvalue weighted by molar-refractivity contribution is 5.74. The zero-order valence-corrected chi connectivity index (χ0v) is 13.4. The van der Waals surface area contributed by atoms with Gasteiger partial charge in [-0.05, 0) is 55.6 Å². The Kier molecular flexibility index (Phi) is 2.99. The van der Waals surface area contributed by atoms with Gasteiger partial charge >= 0.3 is 6.03 Å². The molecule has 5 rings (SSSR count). The van der Waals surface area contributed by atoms with E-state index in [1.165, 1.54) is 30.4 Å². The molecule has 2 bridgehead atoms. The topological polar surface area (TPSA) is 50.4 Å². The Bertz CT molecular complexity index is 646. The molecule has 1 aromatic rings. The van der Waals surface area contributed by atoms with Crippen LogP contribution >= 0.6 is 0 Å². The predicted octanol–water partition coefficient (Wildman–Crippen LogP) is 2.51. The summed E-state index contributed by atoms with van der Waals surface area (Å²) in [5.41, 5.74) is 3.41. The zero-order valence-electron chi connectivity index (χ0n) is 13.4. The summed E-state index contributed by atoms with van der Waals surface area (Å²) in [6.07, 6.45) is 7.54. The summed E-state index contributed by atoms with van der Waals surface area (Å²) in [5.74, 6) is 0.605. The van der Waals surface area contributed by atoms with Gasteiger partial charge in [-0.25, -0.2) is 4.79 Å². The Labute approximate surface area is 137 Å². The van der Waals surface area contributed by atoms with Gasteiger partial charge in [-0.15, -0.1) is 0 Å². The van der Waals surface area contributed by atoms with Crippen LogP contribution in [0.4, 0.5) is 4.79 Å². The van der Waals surface area contributed by atoms with Crippen LogP contribution in [0.3, 0.4) is 0 Å². The Hall–Kier alpha value is -1.55. The number of nitrogens with one attached hydrogen (secondary N) is 2. The molecule has 0 radical (unpaired) electrons. The van der Waals surface area contributed by atoms with Gasteiger partial charge < -0.3 is 15.4 Å². The molecule has 5 atom stereocenters. The molecule has 122 valence electrons. The lowest BCUT2D eigenvalue weighted by atomic mass is 9.95. The summed E-state index contributed by atoms with van der Waals surface area (Å²) in [7, 11) is 0. The average molecular weight is 312 g/mol. The molecule has 2 aliphatic heterocycles. The van der Waals surface area contributed by atoms with Crippen molar-refractivity contribution in [2.75, 3.05) is 6.54 Å². The second-order valence-corrected chi connectivity index (χ2v) is 7.78. The Balaban J connectivity index is 1.15. The number of benzene rings is 1. The standard InChI is InChI=1S/C19H24N2O2/c22-18(21-16-9-14-5-6-17(16)23-14)20-11-13-10-19(13)8-7-12-3-1-2-4-15(12)19/h1-4,13-14,16-17H,5-11H2,(H2,20,21,22)/t13-,14+,16-,17+,19-/m0/s1. The van der Waals surface area contributed by atoms with Crippen LogP contribution in [-0.4, -0.2) is 30.8 Å². The minimum absolute atomic E-state index is 0.0144. The number of carbonyl (C=O) groups is 1. The molecule has 1 spiro atoms. The van der Waals surface area contributed by atoms with Crippen LogP contribution in [-0.2, 0) is 16.6 Å². The van der Waals surface area contributed by atoms with Crippen molar-refractivity contribution < 1.29 is 9.53 Å². The van der Waals surface area contributed by atoms with E-state index in [9.17, 15) is 4.79 Å². The second kappa shape index (κ2) is 4.97. The molecule has 4 nitrogen and oxygen atoms in total. The van der Waals surface area contributed by atoms with Crippen LogP contribution in [0.1, 0.15) is 43.2 Å². The molecule has 3 fully saturated rings. The lowest BCUT2D eigenvalue weighted by Gasteiger charge is -2.20. The van der Waals surface area contributed by atoms with Crippen molar-refractivity contribution in [3.05, 3.63) is 35.4 Å². The number of ether oxygens (including phenoxy) is 1. The molecule has 4 aliphatic rings. The van der Waals surface area contributed by atoms with Gasteiger partial charge in [0.15, 0.2) is 0 Å². The Morgan fingerprint density at radius 3 is 3.04 bits per heavy atom. The van der Waals surface area contributed by atoms with Crippen LogP contribution in [0.25, 0.3) is 0 Å². The largest absolute Gasteiger partial charge is 0.373 e. The fraction of sp³-hybridized carbons (Fsp3) is 0.632. The molecule has 2 heterocycles. The van der Waals surface area contributed by atoms with Gasteiger partial charge in [0.05, 0.1) is 18.2 Å². The van der Waals surface area contributed by atoms with Crippen molar-refractivity contribution >= 4 is 6.03 Å². The van der Waals surface area contributed by atoms with E-state index < -0.39 is 0 Å². The number of hydrogen-bond donors (Lipinski definition) is 2. The molecule has 1 saturated carbocycles. The lowest BCUT2D eigenvalue weighted by molar-refractivity contribution is 0.0981. The predicted molar refractivity (Wildman–Crippen MR) is 87.4 cm³/mol. The quantitative estimate of drug-likeness (QED) is 0.901. The smallest absolute Gasteiger partial charge is 0.315 e. The van der Waals surface area contributed by atoms with Gasteiger partial charge in [0.25, 0.3) is 0 Å². The minimum atomic E-state index is -0.0144. The van der Waals surface area contributed by atoms with Crippen molar-refractivity contribution in [2.45, 2.75) is 62.2 Å². The highest BCUT2D eigenvalue weighted by Gasteiger charge is 2.57. The third-order valence-corrected chi connectivity index (χ3v) is 6.56. The third-order valence-electron chi connectivity index (χ3n) is 6.56. The molecule has 2 amide bonds. The fourth-order valence-corrected chi connectivity index (χ4v) is 5.23. The zero-order chi connectivity index (χ0) is 15.4. The van der Waals surface area contributed by atoms with Crippen LogP contribution in [0, 0.1) is 5.92 Å². The number of aryl methyl sites for hydroxylation is 1. The number of carbonyl (C=O) groups excluding carboxylic acids is 1. The molecule has 2 N–H and O–H groups in total. The summed E-state index contributed by atoms with van der Waals surface area (Å²) in [6.45, 7) is 0.793. The van der Waals surface area contributed by atoms with Crippen LogP contribution in [0.5, 0.6) is 0 Å². The van der Waals surface area contributed by atoms with Gasteiger partial charge in [0, 0.05) is 12.0 Å². The first-order valence-electron chi connectivity index (χ1n) is 9.03. The molecule has 0 aromatic heterocycles. The second-order valence-electron chi connectivity index (χ2n) is 7.78. The lowest BCUT2D eigenvalue weighted by Crippen LogP contribution is -2.47. The van der Waals surface area contributed by atoms with Crippen molar-refractivity contribution in [1.29, 1.82) is 0 Å². The van der Waals surface area contributed by atoms with Crippen molar-refractivity contribution in [3.8, 4) is 0 Å². The molecule has 4 heteroatoms. The first-order chi connectivity index (χ1) is 11.2. The van der Waals surface area contributed by atoms with Gasteiger partial charge in [-0.2, -0.15) is 0 Å². The number of rotatable bonds is 3. The van der Waals surface area contributed by atoms with E-state index in [-0.39, 0.29) is 18.2 Å². The first kappa shape index (κ1) is 13.8. The maximum Gasteiger partial charge on any atom is 0.315 e. The molecule has 2 saturated heterocycles. The van der Waals surface area contributed by atoms with Crippen LogP contribution in [0.15, 0.2) is 24.3 Å². The highest BCUT2D eigenvalue weighted by Crippen LogP contribution is 2.61. The molecule has 0 unspecified atom stereocenters. The summed E-state index contributed by atoms with van der Waals surface area (Å²) < 4.78 is 5.80. The van der Waals surface area contributed by atoms with E-state index in [2.05, 4.69) is 34.9 Å². The maximum atomic E-state index is 12.2. The summed E-state index contributed by atoms with van der Waals surface area (Å²) in [6, 6.07) is 9.03. The first-order valence-corrected chi connectivity index (χ1v) is 9.03. The van der Waals surface area contributed by atoms with E-state index in [1.807, 2.05) is 0 Å². The maximum absolute atomic E-state index is 12.2. The highest BCUT2D eigenvalue weighted by atomic mass is 16.5. The SMILES string of the molecule is O=C(NC[C@@H]1C[C@@]12CCc1ccccc12)N[C@H]1C[C@H]2CC[C@H]1O2. The average Bonchev–Trinajstić information content (AvgIpc) is 2.89. The Morgan fingerprint density at radius 2 is 2.22 bits per heavy atom. The summed E-state index contributed by atoms with van der Waals surface area (Å²) >= 11 is 0. The Morgan fingerprint density at radius 1 is 1.30 bits per heavy atom. The monoisotopic (exact) mass is 312 g/mol. The van der Waals surface area contributed by atoms with Crippen molar-refractivity contribution in [1.82, 2.24) is 10.6 Å². The van der Waals surface area contributed by atoms with E-state index in [0.29, 0.717) is 17.4 Å². The van der Waals surface area contributed by atoms with Crippen molar-refractivity contribution in [2.24, 2.45) is 5.92 Å². The van der Waals surface area contributed by atoms with Crippen LogP contribution < -0.4 is 10.6 Å². The molecular weight excluding hydrogens is 288 g/mol. The van der Waals surface area contributed by atoms with Gasteiger partial charge in [-0.3, -0.25) is 0 Å². The molecule has 1 aromatic carbocycles. The molecule has 2 aliphatic carbocycles. The third kappa shape index (κ3) is 2.18. The van der Waals surface area contributed by atoms with Crippen molar-refractivity contribution in [3.63, 3.8) is 0 Å². The van der Waals surface area contributed by atoms with Crippen LogP contribution in [0.2, 0.25) is 0 Å². The van der Waals surface area contributed by atoms with Gasteiger partial charge in [0.2, 0.25) is 0 Å². The summed E-state index contributed by atoms with van der Waals surface area (Å²) in [5, 5.41) is 6.22. The molecule has 23 heavy (non-hydrogen) atoms.